The molecule has 3 rings (SSSR count). The van der Waals surface area contributed by atoms with Gasteiger partial charge in [0.25, 0.3) is 0 Å². The van der Waals surface area contributed by atoms with E-state index in [1.807, 2.05) is 6.07 Å². The second kappa shape index (κ2) is 5.98. The van der Waals surface area contributed by atoms with Crippen molar-refractivity contribution in [2.24, 2.45) is 5.84 Å². The molecule has 0 unspecified atom stereocenters. The van der Waals surface area contributed by atoms with Gasteiger partial charge in [0.1, 0.15) is 0 Å². The minimum Gasteiger partial charge on any atom is -0.297 e. The highest BCUT2D eigenvalue weighted by atomic mass is 15.3. The van der Waals surface area contributed by atoms with Crippen LogP contribution in [0.15, 0.2) is 36.5 Å². The van der Waals surface area contributed by atoms with Crippen molar-refractivity contribution in [3.63, 3.8) is 0 Å². The lowest BCUT2D eigenvalue weighted by Gasteiger charge is -2.19. The molecule has 3 N–H and O–H groups in total. The van der Waals surface area contributed by atoms with Gasteiger partial charge in [-0.1, -0.05) is 24.3 Å². The maximum Gasteiger partial charge on any atom is 0.237 e. The molecule has 0 spiro atoms. The average Bonchev–Trinajstić information content (AvgIpc) is 2.70. The Hall–Kier alpha value is -1.98. The number of rotatable bonds is 3. The number of nitrogens with one attached hydrogen (secondary N) is 1. The van der Waals surface area contributed by atoms with Crippen LogP contribution in [0.1, 0.15) is 16.8 Å². The predicted octanol–water partition coefficient (Wildman–Crippen LogP) is 1.36. The van der Waals surface area contributed by atoms with Crippen LogP contribution >= 0.6 is 0 Å². The molecule has 1 aliphatic heterocycles. The Morgan fingerprint density at radius 3 is 2.45 bits per heavy atom. The third kappa shape index (κ3) is 2.95. The van der Waals surface area contributed by atoms with E-state index in [9.17, 15) is 0 Å². The summed E-state index contributed by atoms with van der Waals surface area (Å²) in [5.74, 6) is 5.82. The SMILES string of the molecule is NNc1nccc(CN2CCc3ccccc3CC2)n1. The lowest BCUT2D eigenvalue weighted by molar-refractivity contribution is 0.276. The molecule has 0 radical (unpaired) electrons. The van der Waals surface area contributed by atoms with E-state index in [-0.39, 0.29) is 0 Å². The Kier molecular flexibility index (Phi) is 3.90. The van der Waals surface area contributed by atoms with Gasteiger partial charge in [0.15, 0.2) is 0 Å². The van der Waals surface area contributed by atoms with Gasteiger partial charge in [-0.3, -0.25) is 10.3 Å². The van der Waals surface area contributed by atoms with Crippen molar-refractivity contribution in [1.29, 1.82) is 0 Å². The zero-order valence-corrected chi connectivity index (χ0v) is 11.4. The summed E-state index contributed by atoms with van der Waals surface area (Å²) in [6, 6.07) is 10.7. The molecule has 0 bridgehead atoms. The summed E-state index contributed by atoms with van der Waals surface area (Å²) in [6.45, 7) is 2.96. The lowest BCUT2D eigenvalue weighted by Crippen LogP contribution is -2.26. The first-order chi connectivity index (χ1) is 9.85. The van der Waals surface area contributed by atoms with Crippen LogP contribution in [-0.4, -0.2) is 28.0 Å². The average molecular weight is 269 g/mol. The van der Waals surface area contributed by atoms with Crippen LogP contribution in [0.5, 0.6) is 0 Å². The highest BCUT2D eigenvalue weighted by molar-refractivity contribution is 5.29. The van der Waals surface area contributed by atoms with Gasteiger partial charge in [-0.2, -0.15) is 0 Å². The van der Waals surface area contributed by atoms with Crippen LogP contribution in [-0.2, 0) is 19.4 Å². The molecular weight excluding hydrogens is 250 g/mol. The first-order valence-electron chi connectivity index (χ1n) is 6.93. The summed E-state index contributed by atoms with van der Waals surface area (Å²) < 4.78 is 0. The summed E-state index contributed by atoms with van der Waals surface area (Å²) >= 11 is 0. The second-order valence-electron chi connectivity index (χ2n) is 5.06. The van der Waals surface area contributed by atoms with Crippen molar-refractivity contribution in [1.82, 2.24) is 14.9 Å². The van der Waals surface area contributed by atoms with E-state index in [0.29, 0.717) is 5.95 Å². The molecule has 2 heterocycles. The Morgan fingerprint density at radius 2 is 1.80 bits per heavy atom. The highest BCUT2D eigenvalue weighted by Crippen LogP contribution is 2.16. The molecule has 5 nitrogen and oxygen atoms in total. The van der Waals surface area contributed by atoms with Gasteiger partial charge in [-0.25, -0.2) is 15.8 Å². The Morgan fingerprint density at radius 1 is 1.10 bits per heavy atom. The van der Waals surface area contributed by atoms with Gasteiger partial charge in [0, 0.05) is 25.8 Å². The van der Waals surface area contributed by atoms with Crippen molar-refractivity contribution in [3.05, 3.63) is 53.3 Å². The van der Waals surface area contributed by atoms with Crippen molar-refractivity contribution in [2.45, 2.75) is 19.4 Å². The first kappa shape index (κ1) is 13.0. The number of nitrogens with zero attached hydrogens (tertiary/aromatic N) is 3. The van der Waals surface area contributed by atoms with E-state index in [2.05, 4.69) is 44.6 Å². The van der Waals surface area contributed by atoms with Crippen molar-refractivity contribution >= 4 is 5.95 Å². The monoisotopic (exact) mass is 269 g/mol. The van der Waals surface area contributed by atoms with Crippen LogP contribution in [0.3, 0.4) is 0 Å². The molecule has 0 atom stereocenters. The molecule has 104 valence electrons. The quantitative estimate of drug-likeness (QED) is 0.650. The van der Waals surface area contributed by atoms with Crippen molar-refractivity contribution in [2.75, 3.05) is 18.5 Å². The van der Waals surface area contributed by atoms with Crippen molar-refractivity contribution < 1.29 is 0 Å². The molecule has 1 aromatic carbocycles. The van der Waals surface area contributed by atoms with Crippen LogP contribution < -0.4 is 11.3 Å². The largest absolute Gasteiger partial charge is 0.297 e. The van der Waals surface area contributed by atoms with E-state index in [1.54, 1.807) is 6.20 Å². The van der Waals surface area contributed by atoms with Gasteiger partial charge < -0.3 is 0 Å². The number of anilines is 1. The first-order valence-corrected chi connectivity index (χ1v) is 6.93. The van der Waals surface area contributed by atoms with E-state index in [4.69, 9.17) is 5.84 Å². The van der Waals surface area contributed by atoms with Crippen LogP contribution in [0.25, 0.3) is 0 Å². The number of nitrogen functional groups attached to an aromatic ring is 1. The number of hydrazine groups is 1. The van der Waals surface area contributed by atoms with Crippen LogP contribution in [0.4, 0.5) is 5.95 Å². The molecule has 5 heteroatoms. The van der Waals surface area contributed by atoms with Gasteiger partial charge in [-0.15, -0.1) is 0 Å². The fraction of sp³-hybridized carbons (Fsp3) is 0.333. The maximum absolute atomic E-state index is 5.35. The van der Waals surface area contributed by atoms with Crippen LogP contribution in [0, 0.1) is 0 Å². The summed E-state index contributed by atoms with van der Waals surface area (Å²) in [4.78, 5) is 10.8. The third-order valence-electron chi connectivity index (χ3n) is 3.74. The smallest absolute Gasteiger partial charge is 0.237 e. The lowest BCUT2D eigenvalue weighted by atomic mass is 10.0. The number of fused-ring (bicyclic) bond motifs is 1. The van der Waals surface area contributed by atoms with Gasteiger partial charge in [-0.05, 0) is 30.0 Å². The Bertz CT molecular complexity index is 557. The summed E-state index contributed by atoms with van der Waals surface area (Å²) in [5, 5.41) is 0. The number of nitrogens with two attached hydrogens (primary N) is 1. The summed E-state index contributed by atoms with van der Waals surface area (Å²) in [7, 11) is 0. The topological polar surface area (TPSA) is 67.1 Å². The summed E-state index contributed by atoms with van der Waals surface area (Å²) in [6.07, 6.45) is 3.94. The fourth-order valence-electron chi connectivity index (χ4n) is 2.66. The molecule has 1 aliphatic rings. The minimum atomic E-state index is 0.473. The molecule has 20 heavy (non-hydrogen) atoms. The number of hydrogen-bond donors (Lipinski definition) is 2. The molecule has 0 saturated heterocycles. The molecular formula is C15H19N5. The van der Waals surface area contributed by atoms with E-state index < -0.39 is 0 Å². The second-order valence-corrected chi connectivity index (χ2v) is 5.06. The third-order valence-corrected chi connectivity index (χ3v) is 3.74. The fourth-order valence-corrected chi connectivity index (χ4v) is 2.66. The van der Waals surface area contributed by atoms with E-state index in [1.165, 1.54) is 11.1 Å². The standard InChI is InChI=1S/C15H19N5/c16-19-15-17-8-5-14(18-15)11-20-9-6-12-3-1-2-4-13(12)7-10-20/h1-5,8H,6-7,9-11,16H2,(H,17,18,19). The van der Waals surface area contributed by atoms with E-state index >= 15 is 0 Å². The number of aromatic nitrogens is 2. The predicted molar refractivity (Wildman–Crippen MR) is 79.0 cm³/mol. The molecule has 0 fully saturated rings. The van der Waals surface area contributed by atoms with Gasteiger partial charge in [0.05, 0.1) is 5.69 Å². The Balaban J connectivity index is 1.68. The molecule has 0 aliphatic carbocycles. The maximum atomic E-state index is 5.35. The molecule has 0 amide bonds. The minimum absolute atomic E-state index is 0.473. The van der Waals surface area contributed by atoms with Crippen molar-refractivity contribution in [3.8, 4) is 0 Å². The molecule has 0 saturated carbocycles. The number of hydrogen-bond acceptors (Lipinski definition) is 5. The zero-order chi connectivity index (χ0) is 13.8. The number of benzene rings is 1. The molecule has 1 aromatic heterocycles. The highest BCUT2D eigenvalue weighted by Gasteiger charge is 2.14. The normalized spacial score (nSPS) is 15.4. The summed E-state index contributed by atoms with van der Waals surface area (Å²) in [5.41, 5.74) is 6.44. The molecule has 2 aromatic rings. The van der Waals surface area contributed by atoms with E-state index in [0.717, 1.165) is 38.2 Å². The zero-order valence-electron chi connectivity index (χ0n) is 11.4. The van der Waals surface area contributed by atoms with Gasteiger partial charge in [0.2, 0.25) is 5.95 Å². The van der Waals surface area contributed by atoms with Gasteiger partial charge >= 0.3 is 0 Å². The van der Waals surface area contributed by atoms with Crippen LogP contribution in [0.2, 0.25) is 0 Å². The Labute approximate surface area is 118 Å².